The Morgan fingerprint density at radius 2 is 2.33 bits per heavy atom. The lowest BCUT2D eigenvalue weighted by Gasteiger charge is -2.11. The summed E-state index contributed by atoms with van der Waals surface area (Å²) in [6.45, 7) is 2.69. The first-order valence-corrected chi connectivity index (χ1v) is 5.72. The van der Waals surface area contributed by atoms with Gasteiger partial charge >= 0.3 is 5.97 Å². The Balaban J connectivity index is 2.64. The Bertz CT molecular complexity index is 417. The molecular weight excluding hydrogens is 238 g/mol. The molecule has 0 aliphatic rings. The molecule has 0 aliphatic heterocycles. The van der Waals surface area contributed by atoms with E-state index >= 15 is 0 Å². The van der Waals surface area contributed by atoms with Gasteiger partial charge in [-0.1, -0.05) is 18.6 Å². The van der Waals surface area contributed by atoms with Crippen molar-refractivity contribution >= 4 is 11.9 Å². The van der Waals surface area contributed by atoms with Crippen LogP contribution in [0.3, 0.4) is 0 Å². The molecule has 1 rings (SSSR count). The highest BCUT2D eigenvalue weighted by molar-refractivity contribution is 5.94. The van der Waals surface area contributed by atoms with Crippen molar-refractivity contribution in [1.29, 1.82) is 0 Å². The van der Waals surface area contributed by atoms with E-state index < -0.39 is 17.9 Å². The number of aromatic nitrogens is 3. The second-order valence-electron chi connectivity index (χ2n) is 3.81. The fourth-order valence-corrected chi connectivity index (χ4v) is 1.42. The van der Waals surface area contributed by atoms with Crippen molar-refractivity contribution in [3.05, 3.63) is 11.9 Å². The largest absolute Gasteiger partial charge is 0.480 e. The van der Waals surface area contributed by atoms with Crippen LogP contribution < -0.4 is 11.1 Å². The summed E-state index contributed by atoms with van der Waals surface area (Å²) in [4.78, 5) is 22.6. The smallest absolute Gasteiger partial charge is 0.326 e. The molecule has 1 unspecified atom stereocenters. The third kappa shape index (κ3) is 3.81. The molecule has 1 heterocycles. The van der Waals surface area contributed by atoms with Gasteiger partial charge in [-0.05, 0) is 6.42 Å². The van der Waals surface area contributed by atoms with Crippen molar-refractivity contribution in [3.63, 3.8) is 0 Å². The molecule has 4 N–H and O–H groups in total. The lowest BCUT2D eigenvalue weighted by atomic mass is 10.1. The highest BCUT2D eigenvalue weighted by atomic mass is 16.4. The molecule has 0 spiro atoms. The molecule has 100 valence electrons. The van der Waals surface area contributed by atoms with Crippen LogP contribution in [0.15, 0.2) is 6.20 Å². The molecule has 18 heavy (non-hydrogen) atoms. The third-order valence-corrected chi connectivity index (χ3v) is 2.31. The summed E-state index contributed by atoms with van der Waals surface area (Å²) in [5.74, 6) is -1.60. The van der Waals surface area contributed by atoms with Crippen LogP contribution in [-0.4, -0.2) is 44.6 Å². The standard InChI is InChI=1S/C10H17N5O3/c1-2-3-7(10(17)18)12-9(16)8-6-15(5-4-11)14-13-8/h6-7H,2-5,11H2,1H3,(H,12,16)(H,17,18). The van der Waals surface area contributed by atoms with Crippen LogP contribution in [0.1, 0.15) is 30.3 Å². The summed E-state index contributed by atoms with van der Waals surface area (Å²) in [6, 6.07) is -0.901. The van der Waals surface area contributed by atoms with E-state index in [1.165, 1.54) is 10.9 Å². The molecule has 0 saturated carbocycles. The number of hydrogen-bond donors (Lipinski definition) is 3. The van der Waals surface area contributed by atoms with Gasteiger partial charge in [0, 0.05) is 6.54 Å². The maximum atomic E-state index is 11.7. The molecule has 0 aromatic carbocycles. The highest BCUT2D eigenvalue weighted by Gasteiger charge is 2.21. The summed E-state index contributed by atoms with van der Waals surface area (Å²) in [5.41, 5.74) is 5.43. The van der Waals surface area contributed by atoms with Gasteiger partial charge in [-0.2, -0.15) is 0 Å². The van der Waals surface area contributed by atoms with Crippen molar-refractivity contribution in [2.24, 2.45) is 5.73 Å². The Morgan fingerprint density at radius 1 is 1.61 bits per heavy atom. The summed E-state index contributed by atoms with van der Waals surface area (Å²) in [5, 5.41) is 18.7. The summed E-state index contributed by atoms with van der Waals surface area (Å²) < 4.78 is 1.44. The number of carbonyl (C=O) groups excluding carboxylic acids is 1. The minimum Gasteiger partial charge on any atom is -0.480 e. The zero-order chi connectivity index (χ0) is 13.5. The van der Waals surface area contributed by atoms with Crippen LogP contribution in [0.4, 0.5) is 0 Å². The van der Waals surface area contributed by atoms with Crippen LogP contribution in [-0.2, 0) is 11.3 Å². The molecule has 0 aliphatic carbocycles. The van der Waals surface area contributed by atoms with E-state index in [4.69, 9.17) is 10.8 Å². The van der Waals surface area contributed by atoms with Gasteiger partial charge in [-0.15, -0.1) is 5.10 Å². The van der Waals surface area contributed by atoms with E-state index in [1.54, 1.807) is 0 Å². The highest BCUT2D eigenvalue weighted by Crippen LogP contribution is 2.00. The Hall–Kier alpha value is -1.96. The van der Waals surface area contributed by atoms with Gasteiger partial charge in [0.1, 0.15) is 6.04 Å². The number of rotatable bonds is 7. The van der Waals surface area contributed by atoms with Gasteiger partial charge in [-0.25, -0.2) is 4.79 Å². The molecule has 0 fully saturated rings. The number of carboxylic acids is 1. The molecule has 0 saturated heterocycles. The van der Waals surface area contributed by atoms with Crippen LogP contribution in [0.5, 0.6) is 0 Å². The van der Waals surface area contributed by atoms with Gasteiger partial charge in [0.15, 0.2) is 5.69 Å². The summed E-state index contributed by atoms with van der Waals surface area (Å²) >= 11 is 0. The van der Waals surface area contributed by atoms with Crippen LogP contribution >= 0.6 is 0 Å². The third-order valence-electron chi connectivity index (χ3n) is 2.31. The number of hydrogen-bond acceptors (Lipinski definition) is 5. The predicted molar refractivity (Wildman–Crippen MR) is 62.9 cm³/mol. The van der Waals surface area contributed by atoms with Crippen molar-refractivity contribution in [1.82, 2.24) is 20.3 Å². The van der Waals surface area contributed by atoms with E-state index in [-0.39, 0.29) is 5.69 Å². The lowest BCUT2D eigenvalue weighted by molar-refractivity contribution is -0.139. The number of carbonyl (C=O) groups is 2. The average molecular weight is 255 g/mol. The second kappa shape index (κ2) is 6.70. The van der Waals surface area contributed by atoms with Crippen LogP contribution in [0, 0.1) is 0 Å². The zero-order valence-corrected chi connectivity index (χ0v) is 10.2. The minimum atomic E-state index is -1.06. The number of aliphatic carboxylic acids is 1. The first-order valence-electron chi connectivity index (χ1n) is 5.72. The first-order chi connectivity index (χ1) is 8.58. The van der Waals surface area contributed by atoms with Gasteiger partial charge in [0.2, 0.25) is 0 Å². The number of amides is 1. The molecule has 1 atom stereocenters. The molecule has 8 nitrogen and oxygen atoms in total. The first kappa shape index (κ1) is 14.1. The molecular formula is C10H17N5O3. The molecule has 0 radical (unpaired) electrons. The SMILES string of the molecule is CCCC(NC(=O)c1cn(CCN)nn1)C(=O)O. The Kier molecular flexibility index (Phi) is 5.25. The number of nitrogens with two attached hydrogens (primary N) is 1. The number of nitrogens with zero attached hydrogens (tertiary/aromatic N) is 3. The maximum Gasteiger partial charge on any atom is 0.326 e. The monoisotopic (exact) mass is 255 g/mol. The molecule has 1 amide bonds. The van der Waals surface area contributed by atoms with E-state index in [9.17, 15) is 9.59 Å². The predicted octanol–water partition coefficient (Wildman–Crippen LogP) is -0.780. The van der Waals surface area contributed by atoms with Gasteiger partial charge in [0.25, 0.3) is 5.91 Å². The van der Waals surface area contributed by atoms with Gasteiger partial charge in [0.05, 0.1) is 12.7 Å². The van der Waals surface area contributed by atoms with Crippen molar-refractivity contribution < 1.29 is 14.7 Å². The van der Waals surface area contributed by atoms with Gasteiger partial charge < -0.3 is 16.2 Å². The quantitative estimate of drug-likeness (QED) is 0.587. The summed E-state index contributed by atoms with van der Waals surface area (Å²) in [6.07, 6.45) is 2.47. The Morgan fingerprint density at radius 3 is 2.89 bits per heavy atom. The molecule has 1 aromatic rings. The molecule has 1 aromatic heterocycles. The Labute approximate surface area is 104 Å². The minimum absolute atomic E-state index is 0.0887. The molecule has 8 heteroatoms. The van der Waals surface area contributed by atoms with Crippen molar-refractivity contribution in [2.75, 3.05) is 6.54 Å². The van der Waals surface area contributed by atoms with Crippen molar-refractivity contribution in [3.8, 4) is 0 Å². The number of carboxylic acid groups (broad SMARTS) is 1. The van der Waals surface area contributed by atoms with E-state index in [0.717, 1.165) is 0 Å². The second-order valence-corrected chi connectivity index (χ2v) is 3.81. The van der Waals surface area contributed by atoms with E-state index in [2.05, 4.69) is 15.6 Å². The van der Waals surface area contributed by atoms with Crippen LogP contribution in [0.25, 0.3) is 0 Å². The number of nitrogens with one attached hydrogen (secondary N) is 1. The van der Waals surface area contributed by atoms with Crippen LogP contribution in [0.2, 0.25) is 0 Å². The fourth-order valence-electron chi connectivity index (χ4n) is 1.42. The summed E-state index contributed by atoms with van der Waals surface area (Å²) in [7, 11) is 0. The normalized spacial score (nSPS) is 12.1. The zero-order valence-electron chi connectivity index (χ0n) is 10.2. The van der Waals surface area contributed by atoms with E-state index in [1.807, 2.05) is 6.92 Å². The van der Waals surface area contributed by atoms with Gasteiger partial charge in [-0.3, -0.25) is 9.48 Å². The average Bonchev–Trinajstić information content (AvgIpc) is 2.77. The van der Waals surface area contributed by atoms with Crippen molar-refractivity contribution in [2.45, 2.75) is 32.4 Å². The lowest BCUT2D eigenvalue weighted by Crippen LogP contribution is -2.40. The molecule has 0 bridgehead atoms. The topological polar surface area (TPSA) is 123 Å². The maximum absolute atomic E-state index is 11.7. The van der Waals surface area contributed by atoms with E-state index in [0.29, 0.717) is 25.9 Å². The fraction of sp³-hybridized carbons (Fsp3) is 0.600.